The molecule has 0 N–H and O–H groups in total. The van der Waals surface area contributed by atoms with Gasteiger partial charge in [0.2, 0.25) is 8.32 Å². The average Bonchev–Trinajstić information content (AvgIpc) is 1.63. The zero-order valence-corrected chi connectivity index (χ0v) is 7.05. The molecule has 52 valence electrons. The number of carbonyl (C=O) groups is 1. The molecule has 3 heteroatoms. The Kier molecular flexibility index (Phi) is 3.23. The third-order valence-electron chi connectivity index (χ3n) is 0.579. The van der Waals surface area contributed by atoms with Gasteiger partial charge in [0.25, 0.3) is 0 Å². The van der Waals surface area contributed by atoms with E-state index >= 15 is 0 Å². The predicted molar refractivity (Wildman–Crippen MR) is 39.6 cm³/mol. The molecule has 0 aromatic heterocycles. The largest absolute Gasteiger partial charge is 0.550 e. The van der Waals surface area contributed by atoms with E-state index < -0.39 is 8.32 Å². The summed E-state index contributed by atoms with van der Waals surface area (Å²) in [6.45, 7) is 6.17. The topological polar surface area (TPSA) is 26.3 Å². The fourth-order valence-electron chi connectivity index (χ4n) is 0.275. The molecular formula is C6H12O2Si. The number of hydrogen-bond donors (Lipinski definition) is 0. The van der Waals surface area contributed by atoms with Gasteiger partial charge in [-0.05, 0) is 19.6 Å². The quantitative estimate of drug-likeness (QED) is 0.260. The second-order valence-electron chi connectivity index (χ2n) is 2.69. The maximum absolute atomic E-state index is 9.74. The maximum Gasteiger partial charge on any atom is 0.241 e. The fraction of sp³-hybridized carbons (Fsp3) is 0.500. The minimum Gasteiger partial charge on any atom is -0.550 e. The van der Waals surface area contributed by atoms with Crippen LogP contribution in [0.2, 0.25) is 19.6 Å². The van der Waals surface area contributed by atoms with Gasteiger partial charge in [-0.1, -0.05) is 0 Å². The molecule has 0 bridgehead atoms. The molecule has 0 rings (SSSR count). The lowest BCUT2D eigenvalue weighted by Crippen LogP contribution is -2.21. The molecule has 0 aliphatic rings. The van der Waals surface area contributed by atoms with E-state index in [1.807, 2.05) is 0 Å². The van der Waals surface area contributed by atoms with Crippen LogP contribution in [0, 0.1) is 0 Å². The van der Waals surface area contributed by atoms with Gasteiger partial charge < -0.3 is 4.43 Å². The first-order valence-electron chi connectivity index (χ1n) is 2.84. The second kappa shape index (κ2) is 3.45. The molecular weight excluding hydrogens is 132 g/mol. The van der Waals surface area contributed by atoms with Crippen molar-refractivity contribution in [2.24, 2.45) is 0 Å². The molecule has 0 atom stereocenters. The summed E-state index contributed by atoms with van der Waals surface area (Å²) >= 11 is 0. The van der Waals surface area contributed by atoms with Crippen LogP contribution < -0.4 is 0 Å². The third kappa shape index (κ3) is 7.43. The molecule has 0 fully saturated rings. The summed E-state index contributed by atoms with van der Waals surface area (Å²) in [7, 11) is -1.44. The van der Waals surface area contributed by atoms with Crippen LogP contribution in [-0.2, 0) is 9.22 Å². The van der Waals surface area contributed by atoms with E-state index in [1.165, 1.54) is 12.3 Å². The van der Waals surface area contributed by atoms with Crippen molar-refractivity contribution in [2.75, 3.05) is 0 Å². The monoisotopic (exact) mass is 144 g/mol. The number of rotatable bonds is 3. The molecule has 2 nitrogen and oxygen atoms in total. The van der Waals surface area contributed by atoms with Crippen LogP contribution in [-0.4, -0.2) is 14.6 Å². The second-order valence-corrected chi connectivity index (χ2v) is 7.16. The van der Waals surface area contributed by atoms with Gasteiger partial charge in [-0.3, -0.25) is 4.79 Å². The first-order chi connectivity index (χ1) is 4.06. The molecule has 0 amide bonds. The number of hydrogen-bond acceptors (Lipinski definition) is 2. The Labute approximate surface area is 56.7 Å². The molecule has 0 saturated carbocycles. The first-order valence-corrected chi connectivity index (χ1v) is 6.25. The molecule has 0 unspecified atom stereocenters. The van der Waals surface area contributed by atoms with E-state index in [-0.39, 0.29) is 0 Å². The van der Waals surface area contributed by atoms with E-state index in [2.05, 4.69) is 19.6 Å². The molecule has 0 radical (unpaired) electrons. The van der Waals surface area contributed by atoms with Gasteiger partial charge in [-0.15, -0.1) is 0 Å². The highest BCUT2D eigenvalue weighted by molar-refractivity contribution is 6.69. The smallest absolute Gasteiger partial charge is 0.241 e. The lowest BCUT2D eigenvalue weighted by molar-refractivity contribution is -0.104. The highest BCUT2D eigenvalue weighted by Gasteiger charge is 2.12. The molecule has 0 aliphatic heterocycles. The van der Waals surface area contributed by atoms with Crippen molar-refractivity contribution in [2.45, 2.75) is 19.6 Å². The van der Waals surface area contributed by atoms with Crippen molar-refractivity contribution in [3.63, 3.8) is 0 Å². The summed E-state index contributed by atoms with van der Waals surface area (Å²) in [6, 6.07) is 0. The number of aldehydes is 1. The van der Waals surface area contributed by atoms with E-state index in [1.54, 1.807) is 0 Å². The molecule has 0 heterocycles. The van der Waals surface area contributed by atoms with Gasteiger partial charge in [0.05, 0.1) is 6.26 Å². The Morgan fingerprint density at radius 1 is 1.33 bits per heavy atom. The van der Waals surface area contributed by atoms with Crippen molar-refractivity contribution in [1.29, 1.82) is 0 Å². The van der Waals surface area contributed by atoms with Gasteiger partial charge in [-0.2, -0.15) is 0 Å². The van der Waals surface area contributed by atoms with Crippen LogP contribution in [0.1, 0.15) is 0 Å². The van der Waals surface area contributed by atoms with Crippen molar-refractivity contribution >= 4 is 14.6 Å². The lowest BCUT2D eigenvalue weighted by atomic mass is 10.7. The number of allylic oxidation sites excluding steroid dienone is 1. The highest BCUT2D eigenvalue weighted by atomic mass is 28.4. The minimum atomic E-state index is -1.44. The summed E-state index contributed by atoms with van der Waals surface area (Å²) in [5.41, 5.74) is 0. The minimum absolute atomic E-state index is 0.708. The van der Waals surface area contributed by atoms with Crippen LogP contribution in [0.5, 0.6) is 0 Å². The SMILES string of the molecule is C[Si](C)(C)OC=CC=O. The standard InChI is InChI=1S/C6H12O2Si/c1-9(2,3)8-6-4-5-7/h4-6H,1-3H3. The van der Waals surface area contributed by atoms with Crippen LogP contribution in [0.4, 0.5) is 0 Å². The molecule has 9 heavy (non-hydrogen) atoms. The van der Waals surface area contributed by atoms with E-state index in [0.717, 1.165) is 0 Å². The summed E-state index contributed by atoms with van der Waals surface area (Å²) in [6.07, 6.45) is 3.53. The Bertz CT molecular complexity index is 113. The summed E-state index contributed by atoms with van der Waals surface area (Å²) in [4.78, 5) is 9.74. The maximum atomic E-state index is 9.74. The highest BCUT2D eigenvalue weighted by Crippen LogP contribution is 2.01. The Hall–Kier alpha value is -0.573. The van der Waals surface area contributed by atoms with Gasteiger partial charge in [0.15, 0.2) is 0 Å². The first kappa shape index (κ1) is 8.43. The van der Waals surface area contributed by atoms with E-state index in [9.17, 15) is 4.79 Å². The Morgan fingerprint density at radius 3 is 2.22 bits per heavy atom. The van der Waals surface area contributed by atoms with Crippen LogP contribution in [0.25, 0.3) is 0 Å². The van der Waals surface area contributed by atoms with Crippen LogP contribution in [0.3, 0.4) is 0 Å². The molecule has 0 aliphatic carbocycles. The molecule has 0 spiro atoms. The van der Waals surface area contributed by atoms with Gasteiger partial charge in [-0.25, -0.2) is 0 Å². The Balaban J connectivity index is 3.50. The van der Waals surface area contributed by atoms with Crippen molar-refractivity contribution in [3.8, 4) is 0 Å². The van der Waals surface area contributed by atoms with Crippen LogP contribution >= 0.6 is 0 Å². The summed E-state index contributed by atoms with van der Waals surface area (Å²) in [5.74, 6) is 0. The van der Waals surface area contributed by atoms with Gasteiger partial charge in [0, 0.05) is 6.08 Å². The zero-order chi connectivity index (χ0) is 7.33. The molecule has 0 aromatic carbocycles. The average molecular weight is 144 g/mol. The lowest BCUT2D eigenvalue weighted by Gasteiger charge is -2.13. The zero-order valence-electron chi connectivity index (χ0n) is 6.05. The summed E-state index contributed by atoms with van der Waals surface area (Å²) < 4.78 is 5.20. The van der Waals surface area contributed by atoms with Crippen molar-refractivity contribution in [3.05, 3.63) is 12.3 Å². The number of carbonyl (C=O) groups excluding carboxylic acids is 1. The van der Waals surface area contributed by atoms with Crippen molar-refractivity contribution < 1.29 is 9.22 Å². The fourth-order valence-corrected chi connectivity index (χ4v) is 0.762. The summed E-state index contributed by atoms with van der Waals surface area (Å²) in [5, 5.41) is 0. The van der Waals surface area contributed by atoms with Gasteiger partial charge >= 0.3 is 0 Å². The van der Waals surface area contributed by atoms with E-state index in [4.69, 9.17) is 4.43 Å². The Morgan fingerprint density at radius 2 is 1.89 bits per heavy atom. The normalized spacial score (nSPS) is 11.9. The predicted octanol–water partition coefficient (Wildman–Crippen LogP) is 1.55. The molecule has 0 saturated heterocycles. The molecule has 0 aromatic rings. The van der Waals surface area contributed by atoms with E-state index in [0.29, 0.717) is 6.29 Å². The van der Waals surface area contributed by atoms with Crippen LogP contribution in [0.15, 0.2) is 12.3 Å². The third-order valence-corrected chi connectivity index (χ3v) is 1.42. The van der Waals surface area contributed by atoms with Gasteiger partial charge in [0.1, 0.15) is 6.29 Å². The van der Waals surface area contributed by atoms with Crippen molar-refractivity contribution in [1.82, 2.24) is 0 Å².